The number of thioether (sulfide) groups is 1. The number of rotatable bonds is 8. The molecule has 1 amide bonds. The van der Waals surface area contributed by atoms with Gasteiger partial charge in [-0.2, -0.15) is 0 Å². The third-order valence-electron chi connectivity index (χ3n) is 5.69. The Morgan fingerprint density at radius 2 is 2.20 bits per heavy atom. The number of aliphatic hydroxyl groups is 1. The first-order chi connectivity index (χ1) is 14.3. The summed E-state index contributed by atoms with van der Waals surface area (Å²) < 4.78 is 20.3. The third kappa shape index (κ3) is 3.90. The molecule has 0 saturated heterocycles. The molecule has 2 aromatic rings. The lowest BCUT2D eigenvalue weighted by atomic mass is 9.95. The number of nitrogens with zero attached hydrogens (tertiary/aromatic N) is 2. The Kier molecular flexibility index (Phi) is 7.22. The molecule has 1 atom stereocenters. The smallest absolute Gasteiger partial charge is 0.254 e. The molecule has 3 rings (SSSR count). The van der Waals surface area contributed by atoms with E-state index in [0.717, 1.165) is 41.1 Å². The number of fused-ring (bicyclic) bond motifs is 2. The summed E-state index contributed by atoms with van der Waals surface area (Å²) in [7, 11) is 1.52. The minimum Gasteiger partial charge on any atom is -0.391 e. The van der Waals surface area contributed by atoms with E-state index < -0.39 is 12.3 Å². The van der Waals surface area contributed by atoms with Crippen LogP contribution in [0.25, 0.3) is 10.9 Å². The number of aryl methyl sites for hydroxylation is 1. The first kappa shape index (κ1) is 23.2. The van der Waals surface area contributed by atoms with Crippen LogP contribution < -0.4 is 0 Å². The highest BCUT2D eigenvalue weighted by Crippen LogP contribution is 2.43. The van der Waals surface area contributed by atoms with Crippen LogP contribution in [0.1, 0.15) is 36.6 Å². The molecule has 1 aliphatic rings. The van der Waals surface area contributed by atoms with Gasteiger partial charge in [-0.3, -0.25) is 4.79 Å². The van der Waals surface area contributed by atoms with Gasteiger partial charge in [0.25, 0.3) is 5.91 Å². The highest BCUT2D eigenvalue weighted by atomic mass is 79.9. The van der Waals surface area contributed by atoms with Gasteiger partial charge in [0.1, 0.15) is 5.82 Å². The molecular weight excluding hydrogens is 471 g/mol. The van der Waals surface area contributed by atoms with Gasteiger partial charge >= 0.3 is 0 Å². The molecule has 1 aliphatic heterocycles. The monoisotopic (exact) mass is 496 g/mol. The molecule has 0 aliphatic carbocycles. The van der Waals surface area contributed by atoms with Gasteiger partial charge in [-0.15, -0.1) is 11.8 Å². The molecule has 0 radical (unpaired) electrons. The molecule has 0 spiro atoms. The summed E-state index contributed by atoms with van der Waals surface area (Å²) in [5, 5.41) is 11.2. The number of carbonyl (C=O) groups is 1. The topological polar surface area (TPSA) is 62.7 Å². The molecule has 5 nitrogen and oxygen atoms in total. The van der Waals surface area contributed by atoms with Gasteiger partial charge in [0.2, 0.25) is 0 Å². The van der Waals surface area contributed by atoms with E-state index in [0.29, 0.717) is 22.7 Å². The van der Waals surface area contributed by atoms with Crippen LogP contribution in [0.4, 0.5) is 4.39 Å². The predicted octanol–water partition coefficient (Wildman–Crippen LogP) is 4.52. The van der Waals surface area contributed by atoms with Crippen molar-refractivity contribution in [1.82, 2.24) is 9.88 Å². The molecule has 162 valence electrons. The SMILES string of the molecule is C=C(CO)C(=O)N1Cc2c(nc3cc(F)c(SC)cc3c2CCCCBr)C1(C)OC. The maximum Gasteiger partial charge on any atom is 0.254 e. The number of ether oxygens (including phenoxy) is 1. The predicted molar refractivity (Wildman–Crippen MR) is 121 cm³/mol. The molecule has 1 N–H and O–H groups in total. The minimum absolute atomic E-state index is 0.0900. The molecule has 1 unspecified atom stereocenters. The summed E-state index contributed by atoms with van der Waals surface area (Å²) in [6, 6.07) is 3.32. The zero-order chi connectivity index (χ0) is 22.1. The van der Waals surface area contributed by atoms with Crippen LogP contribution in [-0.4, -0.2) is 46.2 Å². The average Bonchev–Trinajstić information content (AvgIpc) is 3.04. The standard InChI is InChI=1S/C22H26BrFN2O3S/c1-13(12-27)21(28)26-11-16-14(7-5-6-8-23)15-9-19(30-4)17(24)10-18(15)25-20(16)22(26,2)29-3/h9-10,27H,1,5-8,11-12H2,2-4H3. The third-order valence-corrected chi connectivity index (χ3v) is 7.01. The van der Waals surface area contributed by atoms with Crippen molar-refractivity contribution < 1.29 is 19.0 Å². The Bertz CT molecular complexity index is 1000. The largest absolute Gasteiger partial charge is 0.391 e. The van der Waals surface area contributed by atoms with Crippen molar-refractivity contribution in [3.05, 3.63) is 46.9 Å². The first-order valence-electron chi connectivity index (χ1n) is 9.73. The Morgan fingerprint density at radius 1 is 1.47 bits per heavy atom. The van der Waals surface area contributed by atoms with Crippen molar-refractivity contribution in [1.29, 1.82) is 0 Å². The summed E-state index contributed by atoms with van der Waals surface area (Å²) in [4.78, 5) is 19.8. The fourth-order valence-corrected chi connectivity index (χ4v) is 4.82. The number of aromatic nitrogens is 1. The Morgan fingerprint density at radius 3 is 2.80 bits per heavy atom. The summed E-state index contributed by atoms with van der Waals surface area (Å²) in [5.41, 5.74) is 2.13. The number of amides is 1. The fraction of sp³-hybridized carbons (Fsp3) is 0.455. The first-order valence-corrected chi connectivity index (χ1v) is 12.1. The second-order valence-corrected chi connectivity index (χ2v) is 9.05. The van der Waals surface area contributed by atoms with E-state index in [9.17, 15) is 14.3 Å². The van der Waals surface area contributed by atoms with Crippen molar-refractivity contribution in [2.75, 3.05) is 25.3 Å². The number of hydrogen-bond donors (Lipinski definition) is 1. The van der Waals surface area contributed by atoms with Crippen LogP contribution in [0.15, 0.2) is 29.2 Å². The van der Waals surface area contributed by atoms with Crippen molar-refractivity contribution >= 4 is 44.5 Å². The molecule has 1 aromatic heterocycles. The number of hydrogen-bond acceptors (Lipinski definition) is 5. The Hall–Kier alpha value is -1.48. The average molecular weight is 497 g/mol. The van der Waals surface area contributed by atoms with Crippen LogP contribution in [-0.2, 0) is 28.2 Å². The number of halogens is 2. The molecule has 0 fully saturated rings. The normalized spacial score (nSPS) is 18.1. The molecule has 1 aromatic carbocycles. The molecule has 30 heavy (non-hydrogen) atoms. The summed E-state index contributed by atoms with van der Waals surface area (Å²) in [5.74, 6) is -0.695. The molecule has 0 bridgehead atoms. The van der Waals surface area contributed by atoms with Gasteiger partial charge in [-0.1, -0.05) is 22.5 Å². The minimum atomic E-state index is -1.13. The number of aliphatic hydroxyl groups excluding tert-OH is 1. The lowest BCUT2D eigenvalue weighted by Crippen LogP contribution is -2.45. The maximum atomic E-state index is 14.5. The zero-order valence-electron chi connectivity index (χ0n) is 17.4. The molecule has 0 saturated carbocycles. The quantitative estimate of drug-likeness (QED) is 0.252. The van der Waals surface area contributed by atoms with Crippen LogP contribution >= 0.6 is 27.7 Å². The van der Waals surface area contributed by atoms with Gasteiger partial charge in [0.15, 0.2) is 5.72 Å². The summed E-state index contributed by atoms with van der Waals surface area (Å²) in [6.07, 6.45) is 4.58. The lowest BCUT2D eigenvalue weighted by molar-refractivity contribution is -0.161. The van der Waals surface area contributed by atoms with Crippen molar-refractivity contribution in [3.63, 3.8) is 0 Å². The number of alkyl halides is 1. The van der Waals surface area contributed by atoms with Gasteiger partial charge in [-0.05, 0) is 44.1 Å². The van der Waals surface area contributed by atoms with Crippen molar-refractivity contribution in [2.24, 2.45) is 0 Å². The van der Waals surface area contributed by atoms with Crippen LogP contribution in [0.2, 0.25) is 0 Å². The number of unbranched alkanes of at least 4 members (excludes halogenated alkanes) is 1. The second kappa shape index (κ2) is 9.34. The van der Waals surface area contributed by atoms with Crippen LogP contribution in [0, 0.1) is 5.82 Å². The van der Waals surface area contributed by atoms with Gasteiger partial charge in [-0.25, -0.2) is 9.37 Å². The Labute approximate surface area is 188 Å². The highest BCUT2D eigenvalue weighted by molar-refractivity contribution is 9.09. The highest BCUT2D eigenvalue weighted by Gasteiger charge is 2.47. The Balaban J connectivity index is 2.24. The van der Waals surface area contributed by atoms with E-state index in [1.54, 1.807) is 11.8 Å². The van der Waals surface area contributed by atoms with E-state index in [2.05, 4.69) is 22.5 Å². The van der Waals surface area contributed by atoms with Crippen LogP contribution in [0.5, 0.6) is 0 Å². The van der Waals surface area contributed by atoms with E-state index in [1.807, 2.05) is 12.3 Å². The lowest BCUT2D eigenvalue weighted by Gasteiger charge is -2.34. The summed E-state index contributed by atoms with van der Waals surface area (Å²) in [6.45, 7) is 5.32. The van der Waals surface area contributed by atoms with E-state index >= 15 is 0 Å². The van der Waals surface area contributed by atoms with Crippen LogP contribution in [0.3, 0.4) is 0 Å². The van der Waals surface area contributed by atoms with E-state index in [4.69, 9.17) is 9.72 Å². The summed E-state index contributed by atoms with van der Waals surface area (Å²) >= 11 is 4.84. The number of pyridine rings is 1. The van der Waals surface area contributed by atoms with E-state index in [-0.39, 0.29) is 17.3 Å². The number of benzene rings is 1. The van der Waals surface area contributed by atoms with Gasteiger partial charge in [0.05, 0.1) is 24.4 Å². The zero-order valence-corrected chi connectivity index (χ0v) is 19.8. The van der Waals surface area contributed by atoms with Gasteiger partial charge < -0.3 is 14.7 Å². The van der Waals surface area contributed by atoms with Gasteiger partial charge in [0, 0.05) is 39.9 Å². The molecular formula is C22H26BrFN2O3S. The van der Waals surface area contributed by atoms with Crippen molar-refractivity contribution in [2.45, 2.75) is 43.4 Å². The maximum absolute atomic E-state index is 14.5. The van der Waals surface area contributed by atoms with Crippen molar-refractivity contribution in [3.8, 4) is 0 Å². The molecule has 2 heterocycles. The number of methoxy groups -OCH3 is 1. The number of carbonyl (C=O) groups excluding carboxylic acids is 1. The second-order valence-electron chi connectivity index (χ2n) is 7.41. The fourth-order valence-electron chi connectivity index (χ4n) is 3.93. The molecule has 8 heteroatoms. The van der Waals surface area contributed by atoms with E-state index in [1.165, 1.54) is 24.9 Å².